The summed E-state index contributed by atoms with van der Waals surface area (Å²) in [5.74, 6) is 0.939. The molecule has 19 heavy (non-hydrogen) atoms. The third-order valence-electron chi connectivity index (χ3n) is 3.18. The Hall–Kier alpha value is -1.36. The predicted octanol–water partition coefficient (Wildman–Crippen LogP) is 3.72. The number of hydrogen-bond donors (Lipinski definition) is 1. The van der Waals surface area contributed by atoms with Crippen LogP contribution in [0, 0.1) is 0 Å². The van der Waals surface area contributed by atoms with Gasteiger partial charge in [0.1, 0.15) is 5.01 Å². The number of unbranched alkanes of at least 4 members (excludes halogenated alkanes) is 1. The number of thiazole rings is 1. The molecule has 1 atom stereocenters. The molecule has 0 radical (unpaired) electrons. The molecule has 2 rings (SSSR count). The number of nitrogens with one attached hydrogen (secondary N) is 1. The lowest BCUT2D eigenvalue weighted by Gasteiger charge is -2.14. The molecule has 0 spiro atoms. The Bertz CT molecular complexity index is 503. The van der Waals surface area contributed by atoms with Gasteiger partial charge < -0.3 is 9.88 Å². The van der Waals surface area contributed by atoms with Crippen molar-refractivity contribution in [1.82, 2.24) is 14.5 Å². The van der Waals surface area contributed by atoms with Crippen molar-refractivity contribution in [2.24, 2.45) is 0 Å². The highest BCUT2D eigenvalue weighted by Gasteiger charge is 2.15. The smallest absolute Gasteiger partial charge is 0.203 e. The summed E-state index contributed by atoms with van der Waals surface area (Å²) in [4.78, 5) is 10.2. The SMILES string of the molecule is CCCCNc1nccn1C(C)c1ncc(CC)s1. The zero-order valence-electron chi connectivity index (χ0n) is 11.9. The van der Waals surface area contributed by atoms with E-state index in [1.807, 2.05) is 18.6 Å². The van der Waals surface area contributed by atoms with Crippen LogP contribution in [0.25, 0.3) is 0 Å². The quantitative estimate of drug-likeness (QED) is 0.785. The number of rotatable bonds is 7. The van der Waals surface area contributed by atoms with Crippen molar-refractivity contribution in [1.29, 1.82) is 0 Å². The van der Waals surface area contributed by atoms with E-state index >= 15 is 0 Å². The molecule has 0 saturated carbocycles. The van der Waals surface area contributed by atoms with Gasteiger partial charge in [-0.3, -0.25) is 0 Å². The molecule has 0 aliphatic heterocycles. The summed E-state index contributed by atoms with van der Waals surface area (Å²) in [5, 5.41) is 4.54. The van der Waals surface area contributed by atoms with E-state index < -0.39 is 0 Å². The molecule has 0 amide bonds. The maximum atomic E-state index is 4.52. The minimum atomic E-state index is 0.233. The molecule has 104 valence electrons. The second kappa shape index (κ2) is 6.70. The van der Waals surface area contributed by atoms with Gasteiger partial charge in [-0.05, 0) is 19.8 Å². The molecule has 0 saturated heterocycles. The molecule has 1 unspecified atom stereocenters. The lowest BCUT2D eigenvalue weighted by molar-refractivity contribution is 0.637. The van der Waals surface area contributed by atoms with E-state index in [4.69, 9.17) is 0 Å². The number of nitrogens with zero attached hydrogens (tertiary/aromatic N) is 3. The minimum absolute atomic E-state index is 0.233. The van der Waals surface area contributed by atoms with Gasteiger partial charge in [-0.25, -0.2) is 9.97 Å². The van der Waals surface area contributed by atoms with Crippen molar-refractivity contribution in [2.75, 3.05) is 11.9 Å². The van der Waals surface area contributed by atoms with Crippen LogP contribution in [0.5, 0.6) is 0 Å². The van der Waals surface area contributed by atoms with Crippen molar-refractivity contribution in [2.45, 2.75) is 46.1 Å². The van der Waals surface area contributed by atoms with Crippen LogP contribution in [0.1, 0.15) is 49.5 Å². The van der Waals surface area contributed by atoms with Crippen LogP contribution in [-0.2, 0) is 6.42 Å². The van der Waals surface area contributed by atoms with E-state index in [0.29, 0.717) is 0 Å². The Morgan fingerprint density at radius 3 is 2.89 bits per heavy atom. The van der Waals surface area contributed by atoms with E-state index in [-0.39, 0.29) is 6.04 Å². The van der Waals surface area contributed by atoms with Crippen LogP contribution in [0.4, 0.5) is 5.95 Å². The zero-order chi connectivity index (χ0) is 13.7. The Morgan fingerprint density at radius 1 is 1.37 bits per heavy atom. The molecule has 0 aliphatic rings. The number of hydrogen-bond acceptors (Lipinski definition) is 4. The lowest BCUT2D eigenvalue weighted by Crippen LogP contribution is -2.12. The topological polar surface area (TPSA) is 42.7 Å². The second-order valence-electron chi connectivity index (χ2n) is 4.63. The fourth-order valence-electron chi connectivity index (χ4n) is 1.94. The third-order valence-corrected chi connectivity index (χ3v) is 4.49. The average Bonchev–Trinajstić information content (AvgIpc) is 3.07. The largest absolute Gasteiger partial charge is 0.356 e. The highest BCUT2D eigenvalue weighted by atomic mass is 32.1. The minimum Gasteiger partial charge on any atom is -0.356 e. The maximum Gasteiger partial charge on any atom is 0.203 e. The van der Waals surface area contributed by atoms with E-state index in [0.717, 1.165) is 23.9 Å². The Kier molecular flexibility index (Phi) is 4.96. The van der Waals surface area contributed by atoms with E-state index in [2.05, 4.69) is 40.6 Å². The van der Waals surface area contributed by atoms with E-state index in [9.17, 15) is 0 Å². The van der Waals surface area contributed by atoms with Gasteiger partial charge in [0.25, 0.3) is 0 Å². The van der Waals surface area contributed by atoms with E-state index in [1.165, 1.54) is 17.7 Å². The number of aryl methyl sites for hydroxylation is 1. The first-order valence-corrected chi connectivity index (χ1v) is 7.79. The van der Waals surface area contributed by atoms with Gasteiger partial charge in [0.05, 0.1) is 6.04 Å². The van der Waals surface area contributed by atoms with Crippen molar-refractivity contribution in [3.63, 3.8) is 0 Å². The molecule has 0 aliphatic carbocycles. The molecule has 1 N–H and O–H groups in total. The Labute approximate surface area is 118 Å². The van der Waals surface area contributed by atoms with Crippen LogP contribution < -0.4 is 5.32 Å². The van der Waals surface area contributed by atoms with Crippen molar-refractivity contribution < 1.29 is 0 Å². The first-order chi connectivity index (χ1) is 9.26. The van der Waals surface area contributed by atoms with Gasteiger partial charge in [-0.15, -0.1) is 11.3 Å². The monoisotopic (exact) mass is 278 g/mol. The number of aromatic nitrogens is 3. The van der Waals surface area contributed by atoms with Crippen LogP contribution in [0.2, 0.25) is 0 Å². The van der Waals surface area contributed by atoms with Gasteiger partial charge in [0.2, 0.25) is 5.95 Å². The van der Waals surface area contributed by atoms with Crippen molar-refractivity contribution in [3.05, 3.63) is 28.5 Å². The molecule has 5 heteroatoms. The first-order valence-electron chi connectivity index (χ1n) is 6.97. The van der Waals surface area contributed by atoms with Crippen LogP contribution in [-0.4, -0.2) is 21.1 Å². The van der Waals surface area contributed by atoms with Crippen LogP contribution in [0.15, 0.2) is 18.6 Å². The van der Waals surface area contributed by atoms with Crippen molar-refractivity contribution >= 4 is 17.3 Å². The normalized spacial score (nSPS) is 12.6. The van der Waals surface area contributed by atoms with Gasteiger partial charge in [-0.1, -0.05) is 20.3 Å². The molecule has 2 aromatic heterocycles. The molecule has 0 bridgehead atoms. The fourth-order valence-corrected chi connectivity index (χ4v) is 2.85. The molecule has 4 nitrogen and oxygen atoms in total. The standard InChI is InChI=1S/C14H22N4S/c1-4-6-7-15-14-16-8-9-18(14)11(3)13-17-10-12(5-2)19-13/h8-11H,4-7H2,1-3H3,(H,15,16). The average molecular weight is 278 g/mol. The maximum absolute atomic E-state index is 4.52. The summed E-state index contributed by atoms with van der Waals surface area (Å²) in [5.41, 5.74) is 0. The Balaban J connectivity index is 2.10. The summed E-state index contributed by atoms with van der Waals surface area (Å²) in [7, 11) is 0. The third kappa shape index (κ3) is 3.35. The first kappa shape index (κ1) is 14.1. The van der Waals surface area contributed by atoms with Gasteiger partial charge in [0, 0.05) is 30.0 Å². The molecular formula is C14H22N4S. The highest BCUT2D eigenvalue weighted by molar-refractivity contribution is 7.11. The van der Waals surface area contributed by atoms with Crippen molar-refractivity contribution in [3.8, 4) is 0 Å². The summed E-state index contributed by atoms with van der Waals surface area (Å²) in [6, 6.07) is 0.233. The van der Waals surface area contributed by atoms with Gasteiger partial charge in [0.15, 0.2) is 0 Å². The molecular weight excluding hydrogens is 256 g/mol. The zero-order valence-corrected chi connectivity index (χ0v) is 12.7. The van der Waals surface area contributed by atoms with Crippen LogP contribution in [0.3, 0.4) is 0 Å². The van der Waals surface area contributed by atoms with Gasteiger partial charge in [-0.2, -0.15) is 0 Å². The Morgan fingerprint density at radius 2 is 2.21 bits per heavy atom. The summed E-state index contributed by atoms with van der Waals surface area (Å²) in [6.45, 7) is 7.50. The molecule has 0 fully saturated rings. The second-order valence-corrected chi connectivity index (χ2v) is 5.78. The number of anilines is 1. The summed E-state index contributed by atoms with van der Waals surface area (Å²) >= 11 is 1.79. The molecule has 2 heterocycles. The summed E-state index contributed by atoms with van der Waals surface area (Å²) < 4.78 is 2.16. The number of imidazole rings is 1. The fraction of sp³-hybridized carbons (Fsp3) is 0.571. The molecule has 2 aromatic rings. The van der Waals surface area contributed by atoms with Gasteiger partial charge >= 0.3 is 0 Å². The highest BCUT2D eigenvalue weighted by Crippen LogP contribution is 2.25. The lowest BCUT2D eigenvalue weighted by atomic mass is 10.3. The summed E-state index contributed by atoms with van der Waals surface area (Å²) in [6.07, 6.45) is 9.26. The van der Waals surface area contributed by atoms with Crippen LogP contribution >= 0.6 is 11.3 Å². The molecule has 0 aromatic carbocycles. The predicted molar refractivity (Wildman–Crippen MR) is 80.9 cm³/mol. The van der Waals surface area contributed by atoms with E-state index in [1.54, 1.807) is 11.3 Å².